The van der Waals surface area contributed by atoms with Crippen LogP contribution in [0.1, 0.15) is 38.5 Å². The summed E-state index contributed by atoms with van der Waals surface area (Å²) >= 11 is 1.62. The second-order valence-electron chi connectivity index (χ2n) is 7.27. The number of benzene rings is 1. The third kappa shape index (κ3) is 5.20. The number of nitrogens with zero attached hydrogens (tertiary/aromatic N) is 2. The van der Waals surface area contributed by atoms with Gasteiger partial charge in [-0.25, -0.2) is 0 Å². The van der Waals surface area contributed by atoms with Crippen LogP contribution in [0.5, 0.6) is 0 Å². The van der Waals surface area contributed by atoms with Crippen molar-refractivity contribution in [2.45, 2.75) is 33.2 Å². The summed E-state index contributed by atoms with van der Waals surface area (Å²) in [6.45, 7) is 7.86. The van der Waals surface area contributed by atoms with Gasteiger partial charge in [-0.1, -0.05) is 12.1 Å². The molecule has 150 valence electrons. The highest BCUT2D eigenvalue weighted by Gasteiger charge is 2.16. The monoisotopic (exact) mass is 400 g/mol. The van der Waals surface area contributed by atoms with Gasteiger partial charge in [0.05, 0.1) is 13.2 Å². The minimum Gasteiger partial charge on any atom is -0.378 e. The summed E-state index contributed by atoms with van der Waals surface area (Å²) in [6, 6.07) is 10.3. The van der Waals surface area contributed by atoms with Crippen LogP contribution in [0.4, 0.5) is 5.69 Å². The number of aryl methyl sites for hydroxylation is 2. The minimum absolute atomic E-state index is 0.00443. The van der Waals surface area contributed by atoms with E-state index in [1.54, 1.807) is 23.3 Å². The highest BCUT2D eigenvalue weighted by Crippen LogP contribution is 2.22. The average Bonchev–Trinajstić information content (AvgIpc) is 3.05. The Kier molecular flexibility index (Phi) is 6.86. The molecule has 1 saturated heterocycles. The highest BCUT2D eigenvalue weighted by atomic mass is 32.1. The fraction of sp³-hybridized carbons (Fsp3) is 0.455. The van der Waals surface area contributed by atoms with E-state index in [9.17, 15) is 9.59 Å². The smallest absolute Gasteiger partial charge is 0.223 e. The fourth-order valence-electron chi connectivity index (χ4n) is 3.45. The fourth-order valence-corrected chi connectivity index (χ4v) is 4.39. The zero-order valence-electron chi connectivity index (χ0n) is 16.9. The van der Waals surface area contributed by atoms with Gasteiger partial charge < -0.3 is 14.5 Å². The topological polar surface area (TPSA) is 49.9 Å². The third-order valence-electron chi connectivity index (χ3n) is 5.07. The molecule has 1 aromatic carbocycles. The van der Waals surface area contributed by atoms with Crippen LogP contribution in [0, 0.1) is 13.8 Å². The van der Waals surface area contributed by atoms with Crippen molar-refractivity contribution in [1.82, 2.24) is 4.90 Å². The Labute approximate surface area is 170 Å². The van der Waals surface area contributed by atoms with Crippen molar-refractivity contribution in [3.8, 4) is 0 Å². The summed E-state index contributed by atoms with van der Waals surface area (Å²) in [7, 11) is 1.79. The van der Waals surface area contributed by atoms with Gasteiger partial charge in [0.1, 0.15) is 0 Å². The van der Waals surface area contributed by atoms with Gasteiger partial charge in [-0.2, -0.15) is 0 Å². The molecule has 2 heterocycles. The van der Waals surface area contributed by atoms with E-state index in [2.05, 4.69) is 29.2 Å². The maximum absolute atomic E-state index is 12.4. The molecular weight excluding hydrogens is 372 g/mol. The third-order valence-corrected chi connectivity index (χ3v) is 6.03. The molecule has 1 aliphatic rings. The van der Waals surface area contributed by atoms with Crippen LogP contribution in [0.3, 0.4) is 0 Å². The highest BCUT2D eigenvalue weighted by molar-refractivity contribution is 7.12. The van der Waals surface area contributed by atoms with Gasteiger partial charge in [0.15, 0.2) is 5.78 Å². The van der Waals surface area contributed by atoms with Crippen molar-refractivity contribution in [3.63, 3.8) is 0 Å². The molecule has 0 unspecified atom stereocenters. The predicted octanol–water partition coefficient (Wildman–Crippen LogP) is 3.82. The summed E-state index contributed by atoms with van der Waals surface area (Å²) in [5, 5.41) is 0. The number of amides is 1. The Bertz CT molecular complexity index is 823. The minimum atomic E-state index is -0.00443. The van der Waals surface area contributed by atoms with Gasteiger partial charge in [-0.3, -0.25) is 9.59 Å². The molecule has 1 amide bonds. The standard InChI is InChI=1S/C22H28N2O3S/c1-16-14-20(17(2)28-16)21(25)8-9-22(26)23(3)15-18-4-6-19(7-5-18)24-10-12-27-13-11-24/h4-7,14H,8-13,15H2,1-3H3. The largest absolute Gasteiger partial charge is 0.378 e. The number of anilines is 1. The van der Waals surface area contributed by atoms with Crippen molar-refractivity contribution < 1.29 is 14.3 Å². The lowest BCUT2D eigenvalue weighted by Crippen LogP contribution is -2.36. The number of rotatable bonds is 7. The van der Waals surface area contributed by atoms with Gasteiger partial charge >= 0.3 is 0 Å². The van der Waals surface area contributed by atoms with E-state index >= 15 is 0 Å². The molecule has 0 aliphatic carbocycles. The molecule has 0 radical (unpaired) electrons. The molecule has 1 fully saturated rings. The number of ether oxygens (including phenoxy) is 1. The van der Waals surface area contributed by atoms with E-state index in [1.165, 1.54) is 5.69 Å². The van der Waals surface area contributed by atoms with Crippen molar-refractivity contribution >= 4 is 28.7 Å². The van der Waals surface area contributed by atoms with Crippen LogP contribution in [0.15, 0.2) is 30.3 Å². The zero-order valence-corrected chi connectivity index (χ0v) is 17.7. The van der Waals surface area contributed by atoms with E-state index in [0.717, 1.165) is 47.2 Å². The van der Waals surface area contributed by atoms with Crippen LogP contribution in [-0.2, 0) is 16.1 Å². The number of morpholine rings is 1. The van der Waals surface area contributed by atoms with Crippen molar-refractivity contribution in [3.05, 3.63) is 51.2 Å². The molecule has 2 aromatic rings. The molecule has 1 aliphatic heterocycles. The van der Waals surface area contributed by atoms with E-state index in [1.807, 2.05) is 19.9 Å². The molecule has 3 rings (SSSR count). The van der Waals surface area contributed by atoms with E-state index in [0.29, 0.717) is 6.54 Å². The first-order valence-electron chi connectivity index (χ1n) is 9.70. The summed E-state index contributed by atoms with van der Waals surface area (Å²) in [6.07, 6.45) is 0.506. The Morgan fingerprint density at radius 2 is 1.79 bits per heavy atom. The zero-order chi connectivity index (χ0) is 20.1. The molecule has 1 aromatic heterocycles. The van der Waals surface area contributed by atoms with Gasteiger partial charge in [-0.15, -0.1) is 11.3 Å². The van der Waals surface area contributed by atoms with Crippen LogP contribution in [-0.4, -0.2) is 49.9 Å². The first-order chi connectivity index (χ1) is 13.4. The van der Waals surface area contributed by atoms with Crippen molar-refractivity contribution in [2.24, 2.45) is 0 Å². The molecule has 6 heteroatoms. The molecule has 0 saturated carbocycles. The normalized spacial score (nSPS) is 14.2. The maximum atomic E-state index is 12.4. The maximum Gasteiger partial charge on any atom is 0.223 e. The van der Waals surface area contributed by atoms with Crippen LogP contribution < -0.4 is 4.90 Å². The number of hydrogen-bond donors (Lipinski definition) is 0. The Morgan fingerprint density at radius 3 is 2.39 bits per heavy atom. The summed E-state index contributed by atoms with van der Waals surface area (Å²) in [4.78, 5) is 31.0. The van der Waals surface area contributed by atoms with E-state index in [4.69, 9.17) is 4.74 Å². The van der Waals surface area contributed by atoms with Crippen LogP contribution in [0.25, 0.3) is 0 Å². The molecule has 5 nitrogen and oxygen atoms in total. The quantitative estimate of drug-likeness (QED) is 0.663. The second-order valence-corrected chi connectivity index (χ2v) is 8.73. The molecule has 0 spiro atoms. The number of hydrogen-bond acceptors (Lipinski definition) is 5. The first kappa shape index (κ1) is 20.6. The second kappa shape index (κ2) is 9.34. The Morgan fingerprint density at radius 1 is 1.11 bits per heavy atom. The molecular formula is C22H28N2O3S. The van der Waals surface area contributed by atoms with E-state index < -0.39 is 0 Å². The average molecular weight is 401 g/mol. The Hall–Kier alpha value is -2.18. The van der Waals surface area contributed by atoms with Gasteiger partial charge in [0.2, 0.25) is 5.91 Å². The molecule has 28 heavy (non-hydrogen) atoms. The van der Waals surface area contributed by atoms with Gasteiger partial charge in [-0.05, 0) is 37.6 Å². The van der Waals surface area contributed by atoms with Gasteiger partial charge in [0.25, 0.3) is 0 Å². The lowest BCUT2D eigenvalue weighted by atomic mass is 10.1. The molecule has 0 N–H and O–H groups in total. The number of ketones is 1. The Balaban J connectivity index is 1.49. The lowest BCUT2D eigenvalue weighted by Gasteiger charge is -2.29. The SMILES string of the molecule is Cc1cc(C(=O)CCC(=O)N(C)Cc2ccc(N3CCOCC3)cc2)c(C)s1. The van der Waals surface area contributed by atoms with Crippen LogP contribution in [0.2, 0.25) is 0 Å². The van der Waals surface area contributed by atoms with Crippen LogP contribution >= 0.6 is 11.3 Å². The number of thiophene rings is 1. The summed E-state index contributed by atoms with van der Waals surface area (Å²) in [5.41, 5.74) is 3.04. The number of carbonyl (C=O) groups is 2. The summed E-state index contributed by atoms with van der Waals surface area (Å²) in [5.74, 6) is 0.0497. The molecule has 0 bridgehead atoms. The lowest BCUT2D eigenvalue weighted by molar-refractivity contribution is -0.130. The van der Waals surface area contributed by atoms with Crippen molar-refractivity contribution in [2.75, 3.05) is 38.3 Å². The van der Waals surface area contributed by atoms with Crippen molar-refractivity contribution in [1.29, 1.82) is 0 Å². The predicted molar refractivity (Wildman–Crippen MR) is 113 cm³/mol. The first-order valence-corrected chi connectivity index (χ1v) is 10.5. The number of Topliss-reactive ketones (excluding diaryl/α,β-unsaturated/α-hetero) is 1. The molecule has 0 atom stereocenters. The van der Waals surface area contributed by atoms with E-state index in [-0.39, 0.29) is 24.5 Å². The van der Waals surface area contributed by atoms with Gasteiger partial charge in [0, 0.05) is 60.5 Å². The summed E-state index contributed by atoms with van der Waals surface area (Å²) < 4.78 is 5.39. The number of carbonyl (C=O) groups excluding carboxylic acids is 2.